The molecule has 1 aromatic heterocycles. The Morgan fingerprint density at radius 2 is 2.11 bits per heavy atom. The van der Waals surface area contributed by atoms with Gasteiger partial charge in [-0.15, -0.1) is 0 Å². The highest BCUT2D eigenvalue weighted by Crippen LogP contribution is 2.25. The van der Waals surface area contributed by atoms with Crippen molar-refractivity contribution in [3.63, 3.8) is 0 Å². The van der Waals surface area contributed by atoms with Crippen molar-refractivity contribution >= 4 is 9.84 Å². The van der Waals surface area contributed by atoms with Gasteiger partial charge in [-0.1, -0.05) is 6.92 Å². The number of sulfone groups is 1. The van der Waals surface area contributed by atoms with E-state index in [1.807, 2.05) is 0 Å². The van der Waals surface area contributed by atoms with Crippen LogP contribution in [0.4, 0.5) is 0 Å². The Morgan fingerprint density at radius 3 is 2.67 bits per heavy atom. The largest absolute Gasteiger partial charge is 0.313 e. The van der Waals surface area contributed by atoms with Gasteiger partial charge >= 0.3 is 0 Å². The molecule has 1 aliphatic rings. The maximum Gasteiger partial charge on any atom is 0.151 e. The summed E-state index contributed by atoms with van der Waals surface area (Å²) >= 11 is 0. The average molecular weight is 269 g/mol. The van der Waals surface area contributed by atoms with Crippen LogP contribution in [0.3, 0.4) is 0 Å². The zero-order chi connectivity index (χ0) is 13.0. The molecule has 100 valence electrons. The maximum absolute atomic E-state index is 11.4. The summed E-state index contributed by atoms with van der Waals surface area (Å²) in [6.45, 7) is 3.85. The van der Waals surface area contributed by atoms with Gasteiger partial charge in [0.2, 0.25) is 0 Å². The van der Waals surface area contributed by atoms with E-state index in [1.165, 1.54) is 0 Å². The van der Waals surface area contributed by atoms with Crippen molar-refractivity contribution in [3.05, 3.63) is 23.8 Å². The summed E-state index contributed by atoms with van der Waals surface area (Å²) in [5, 5.41) is 3.28. The van der Waals surface area contributed by atoms with Crippen LogP contribution in [0.5, 0.6) is 0 Å². The number of rotatable bonds is 5. The highest BCUT2D eigenvalue weighted by molar-refractivity contribution is 7.91. The number of hydrogen-bond acceptors (Lipinski definition) is 5. The zero-order valence-corrected chi connectivity index (χ0v) is 11.4. The quantitative estimate of drug-likeness (QED) is 0.803. The summed E-state index contributed by atoms with van der Waals surface area (Å²) < 4.78 is 22.8. The first kappa shape index (κ1) is 13.4. The minimum atomic E-state index is -2.86. The highest BCUT2D eigenvalue weighted by atomic mass is 32.2. The SMILES string of the molecule is CCCNCc1cnc(C2CCS(=O)(=O)C2)nc1. The average Bonchev–Trinajstić information content (AvgIpc) is 2.71. The van der Waals surface area contributed by atoms with E-state index in [0.717, 1.165) is 25.1 Å². The van der Waals surface area contributed by atoms with E-state index in [2.05, 4.69) is 22.2 Å². The lowest BCUT2D eigenvalue weighted by Crippen LogP contribution is -2.15. The lowest BCUT2D eigenvalue weighted by atomic mass is 10.1. The van der Waals surface area contributed by atoms with Gasteiger partial charge in [0, 0.05) is 30.4 Å². The molecule has 0 radical (unpaired) electrons. The fourth-order valence-corrected chi connectivity index (χ4v) is 3.81. The molecule has 0 bridgehead atoms. The second kappa shape index (κ2) is 5.75. The molecule has 0 aromatic carbocycles. The minimum absolute atomic E-state index is 0.0207. The van der Waals surface area contributed by atoms with E-state index in [-0.39, 0.29) is 17.4 Å². The highest BCUT2D eigenvalue weighted by Gasteiger charge is 2.30. The molecular weight excluding hydrogens is 250 g/mol. The molecule has 5 nitrogen and oxygen atoms in total. The molecule has 18 heavy (non-hydrogen) atoms. The summed E-state index contributed by atoms with van der Waals surface area (Å²) in [7, 11) is -2.86. The molecular formula is C12H19N3O2S. The third kappa shape index (κ3) is 3.49. The van der Waals surface area contributed by atoms with Gasteiger partial charge in [0.1, 0.15) is 5.82 Å². The van der Waals surface area contributed by atoms with Gasteiger partial charge in [0.05, 0.1) is 11.5 Å². The fraction of sp³-hybridized carbons (Fsp3) is 0.667. The van der Waals surface area contributed by atoms with Gasteiger partial charge in [-0.25, -0.2) is 18.4 Å². The smallest absolute Gasteiger partial charge is 0.151 e. The van der Waals surface area contributed by atoms with E-state index in [1.54, 1.807) is 12.4 Å². The first-order chi connectivity index (χ1) is 8.61. The van der Waals surface area contributed by atoms with Gasteiger partial charge in [0.25, 0.3) is 0 Å². The van der Waals surface area contributed by atoms with Crippen LogP contribution in [0.25, 0.3) is 0 Å². The number of hydrogen-bond donors (Lipinski definition) is 1. The van der Waals surface area contributed by atoms with Crippen molar-refractivity contribution in [3.8, 4) is 0 Å². The topological polar surface area (TPSA) is 72.0 Å². The van der Waals surface area contributed by atoms with E-state index < -0.39 is 9.84 Å². The van der Waals surface area contributed by atoms with Crippen LogP contribution in [0, 0.1) is 0 Å². The Morgan fingerprint density at radius 1 is 1.39 bits per heavy atom. The predicted octanol–water partition coefficient (Wildman–Crippen LogP) is 0.878. The first-order valence-electron chi connectivity index (χ1n) is 6.32. The van der Waals surface area contributed by atoms with Crippen molar-refractivity contribution in [1.82, 2.24) is 15.3 Å². The van der Waals surface area contributed by atoms with Gasteiger partial charge in [-0.05, 0) is 19.4 Å². The third-order valence-corrected chi connectivity index (χ3v) is 4.85. The van der Waals surface area contributed by atoms with Gasteiger partial charge in [-0.3, -0.25) is 0 Å². The van der Waals surface area contributed by atoms with Crippen LogP contribution < -0.4 is 5.32 Å². The van der Waals surface area contributed by atoms with Crippen LogP contribution in [0.1, 0.15) is 37.1 Å². The predicted molar refractivity (Wildman–Crippen MR) is 70.0 cm³/mol. The Labute approximate surface area is 108 Å². The summed E-state index contributed by atoms with van der Waals surface area (Å²) in [6, 6.07) is 0. The van der Waals surface area contributed by atoms with E-state index in [0.29, 0.717) is 12.2 Å². The standard InChI is InChI=1S/C12H19N3O2S/c1-2-4-13-6-10-7-14-12(15-8-10)11-3-5-18(16,17)9-11/h7-8,11,13H,2-6,9H2,1H3. The molecule has 1 aromatic rings. The molecule has 0 aliphatic carbocycles. The van der Waals surface area contributed by atoms with E-state index in [4.69, 9.17) is 0 Å². The van der Waals surface area contributed by atoms with Crippen LogP contribution in [-0.4, -0.2) is 36.4 Å². The molecule has 1 saturated heterocycles. The minimum Gasteiger partial charge on any atom is -0.313 e. The van der Waals surface area contributed by atoms with E-state index in [9.17, 15) is 8.42 Å². The Kier molecular flexibility index (Phi) is 4.29. The zero-order valence-electron chi connectivity index (χ0n) is 10.6. The summed E-state index contributed by atoms with van der Waals surface area (Å²) in [5.41, 5.74) is 1.04. The van der Waals surface area contributed by atoms with Crippen molar-refractivity contribution in [1.29, 1.82) is 0 Å². The molecule has 1 aliphatic heterocycles. The van der Waals surface area contributed by atoms with Gasteiger partial charge < -0.3 is 5.32 Å². The lowest BCUT2D eigenvalue weighted by Gasteiger charge is -2.07. The number of nitrogens with one attached hydrogen (secondary N) is 1. The maximum atomic E-state index is 11.4. The van der Waals surface area contributed by atoms with Crippen molar-refractivity contribution < 1.29 is 8.42 Å². The molecule has 0 amide bonds. The number of nitrogens with zero attached hydrogens (tertiary/aromatic N) is 2. The fourth-order valence-electron chi connectivity index (χ4n) is 2.08. The molecule has 1 atom stereocenters. The van der Waals surface area contributed by atoms with Crippen molar-refractivity contribution in [2.75, 3.05) is 18.1 Å². The van der Waals surface area contributed by atoms with Crippen LogP contribution in [0.15, 0.2) is 12.4 Å². The molecule has 2 heterocycles. The molecule has 1 fully saturated rings. The van der Waals surface area contributed by atoms with Crippen LogP contribution in [0.2, 0.25) is 0 Å². The molecule has 2 rings (SSSR count). The molecule has 0 saturated carbocycles. The van der Waals surface area contributed by atoms with Crippen LogP contribution in [-0.2, 0) is 16.4 Å². The van der Waals surface area contributed by atoms with Crippen molar-refractivity contribution in [2.24, 2.45) is 0 Å². The second-order valence-electron chi connectivity index (χ2n) is 4.73. The molecule has 1 N–H and O–H groups in total. The molecule has 6 heteroatoms. The summed E-state index contributed by atoms with van der Waals surface area (Å²) in [6.07, 6.45) is 5.32. The number of aromatic nitrogens is 2. The normalized spacial score (nSPS) is 22.2. The van der Waals surface area contributed by atoms with E-state index >= 15 is 0 Å². The van der Waals surface area contributed by atoms with Gasteiger partial charge in [-0.2, -0.15) is 0 Å². The first-order valence-corrected chi connectivity index (χ1v) is 8.15. The molecule has 1 unspecified atom stereocenters. The lowest BCUT2D eigenvalue weighted by molar-refractivity contribution is 0.601. The molecule has 0 spiro atoms. The summed E-state index contributed by atoms with van der Waals surface area (Å²) in [5.74, 6) is 1.10. The second-order valence-corrected chi connectivity index (χ2v) is 6.95. The Balaban J connectivity index is 1.96. The Hall–Kier alpha value is -1.01. The monoisotopic (exact) mass is 269 g/mol. The summed E-state index contributed by atoms with van der Waals surface area (Å²) in [4.78, 5) is 8.58. The Bertz CT molecular complexity index is 485. The van der Waals surface area contributed by atoms with Crippen molar-refractivity contribution in [2.45, 2.75) is 32.2 Å². The van der Waals surface area contributed by atoms with Crippen LogP contribution >= 0.6 is 0 Å². The van der Waals surface area contributed by atoms with Gasteiger partial charge in [0.15, 0.2) is 9.84 Å². The third-order valence-electron chi connectivity index (χ3n) is 3.08.